The van der Waals surface area contributed by atoms with Crippen LogP contribution in [0.15, 0.2) is 18.5 Å². The van der Waals surface area contributed by atoms with Gasteiger partial charge in [0.25, 0.3) is 0 Å². The van der Waals surface area contributed by atoms with Gasteiger partial charge in [-0.2, -0.15) is 5.10 Å². The van der Waals surface area contributed by atoms with E-state index in [1.54, 1.807) is 0 Å². The van der Waals surface area contributed by atoms with E-state index in [1.807, 2.05) is 18.5 Å². The van der Waals surface area contributed by atoms with Crippen LogP contribution in [0.2, 0.25) is 0 Å². The van der Waals surface area contributed by atoms with Gasteiger partial charge >= 0.3 is 0 Å². The van der Waals surface area contributed by atoms with Crippen LogP contribution < -0.4 is 0 Å². The molecule has 0 aliphatic carbocycles. The van der Waals surface area contributed by atoms with Crippen LogP contribution in [0.1, 0.15) is 34.1 Å². The smallest absolute Gasteiger partial charge is 0.0619 e. The molecule has 0 aromatic carbocycles. The first-order chi connectivity index (χ1) is 5.61. The van der Waals surface area contributed by atoms with E-state index in [0.717, 1.165) is 6.42 Å². The molecular weight excluding hydrogens is 148 g/mol. The minimum atomic E-state index is 0.170. The third kappa shape index (κ3) is 1.38. The second-order valence-electron chi connectivity index (χ2n) is 3.82. The van der Waals surface area contributed by atoms with E-state index in [9.17, 15) is 0 Å². The second kappa shape index (κ2) is 3.30. The van der Waals surface area contributed by atoms with Crippen molar-refractivity contribution in [3.05, 3.63) is 18.5 Å². The summed E-state index contributed by atoms with van der Waals surface area (Å²) in [6, 6.07) is 1.98. The third-order valence-electron chi connectivity index (χ3n) is 2.99. The van der Waals surface area contributed by atoms with Crippen molar-refractivity contribution in [1.29, 1.82) is 0 Å². The highest BCUT2D eigenvalue weighted by molar-refractivity contribution is 4.89. The third-order valence-corrected chi connectivity index (χ3v) is 2.99. The number of rotatable bonds is 3. The van der Waals surface area contributed by atoms with E-state index in [-0.39, 0.29) is 5.54 Å². The van der Waals surface area contributed by atoms with Crippen molar-refractivity contribution < 1.29 is 0 Å². The Balaban J connectivity index is 2.96. The van der Waals surface area contributed by atoms with Gasteiger partial charge in [0.15, 0.2) is 0 Å². The minimum absolute atomic E-state index is 0.170. The van der Waals surface area contributed by atoms with Gasteiger partial charge in [0.2, 0.25) is 0 Å². The molecule has 1 rings (SSSR count). The first-order valence-corrected chi connectivity index (χ1v) is 4.61. The Labute approximate surface area is 74.6 Å². The molecule has 0 saturated carbocycles. The van der Waals surface area contributed by atoms with Crippen LogP contribution in [0, 0.1) is 5.92 Å². The zero-order chi connectivity index (χ0) is 9.19. The van der Waals surface area contributed by atoms with Gasteiger partial charge in [0, 0.05) is 12.4 Å². The van der Waals surface area contributed by atoms with E-state index < -0.39 is 0 Å². The zero-order valence-electron chi connectivity index (χ0n) is 8.41. The molecule has 0 radical (unpaired) electrons. The van der Waals surface area contributed by atoms with Crippen molar-refractivity contribution in [3.63, 3.8) is 0 Å². The first-order valence-electron chi connectivity index (χ1n) is 4.61. The molecule has 1 aromatic heterocycles. The molecular formula is C10H18N2. The highest BCUT2D eigenvalue weighted by Crippen LogP contribution is 2.28. The topological polar surface area (TPSA) is 17.8 Å². The Kier molecular flexibility index (Phi) is 2.55. The van der Waals surface area contributed by atoms with Gasteiger partial charge in [-0.25, -0.2) is 0 Å². The monoisotopic (exact) mass is 166 g/mol. The molecule has 12 heavy (non-hydrogen) atoms. The molecule has 0 N–H and O–H groups in total. The van der Waals surface area contributed by atoms with Crippen molar-refractivity contribution in [3.8, 4) is 0 Å². The summed E-state index contributed by atoms with van der Waals surface area (Å²) < 4.78 is 2.07. The maximum atomic E-state index is 4.30. The minimum Gasteiger partial charge on any atom is -0.267 e. The van der Waals surface area contributed by atoms with E-state index in [4.69, 9.17) is 0 Å². The van der Waals surface area contributed by atoms with Crippen molar-refractivity contribution in [2.24, 2.45) is 5.92 Å². The molecule has 2 heteroatoms. The van der Waals surface area contributed by atoms with Crippen LogP contribution >= 0.6 is 0 Å². The summed E-state index contributed by atoms with van der Waals surface area (Å²) in [5.74, 6) is 0.613. The molecule has 1 atom stereocenters. The van der Waals surface area contributed by atoms with E-state index in [0.29, 0.717) is 5.92 Å². The van der Waals surface area contributed by atoms with Crippen molar-refractivity contribution in [2.75, 3.05) is 0 Å². The normalized spacial score (nSPS) is 16.4. The Bertz CT molecular complexity index is 226. The lowest BCUT2D eigenvalue weighted by molar-refractivity contribution is 0.190. The predicted molar refractivity (Wildman–Crippen MR) is 51.0 cm³/mol. The maximum Gasteiger partial charge on any atom is 0.0619 e. The Hall–Kier alpha value is -0.790. The van der Waals surface area contributed by atoms with Gasteiger partial charge in [-0.1, -0.05) is 20.8 Å². The molecule has 1 aromatic rings. The summed E-state index contributed by atoms with van der Waals surface area (Å²) >= 11 is 0. The first kappa shape index (κ1) is 9.30. The average molecular weight is 166 g/mol. The zero-order valence-corrected chi connectivity index (χ0v) is 8.41. The summed E-state index contributed by atoms with van der Waals surface area (Å²) in [4.78, 5) is 0. The molecule has 0 aliphatic heterocycles. The van der Waals surface area contributed by atoms with Gasteiger partial charge < -0.3 is 0 Å². The summed E-state index contributed by atoms with van der Waals surface area (Å²) in [5.41, 5.74) is 0.170. The standard InChI is InChI=1S/C10H18N2/c1-5-10(4,9(2)3)12-8-6-7-11-12/h6-9H,5H2,1-4H3. The van der Waals surface area contributed by atoms with Gasteiger partial charge in [0.1, 0.15) is 0 Å². The van der Waals surface area contributed by atoms with Gasteiger partial charge in [-0.3, -0.25) is 4.68 Å². The van der Waals surface area contributed by atoms with Crippen LogP contribution in [0.4, 0.5) is 0 Å². The average Bonchev–Trinajstić information content (AvgIpc) is 2.54. The molecule has 0 amide bonds. The summed E-state index contributed by atoms with van der Waals surface area (Å²) in [6.07, 6.45) is 5.01. The van der Waals surface area contributed by atoms with Crippen molar-refractivity contribution >= 4 is 0 Å². The molecule has 1 unspecified atom stereocenters. The molecule has 1 heterocycles. The molecule has 0 fully saturated rings. The Morgan fingerprint density at radius 2 is 2.17 bits per heavy atom. The maximum absolute atomic E-state index is 4.30. The summed E-state index contributed by atoms with van der Waals surface area (Å²) in [7, 11) is 0. The van der Waals surface area contributed by atoms with Gasteiger partial charge in [-0.05, 0) is 25.3 Å². The molecule has 0 aliphatic rings. The summed E-state index contributed by atoms with van der Waals surface area (Å²) in [5, 5.41) is 4.30. The number of nitrogens with zero attached hydrogens (tertiary/aromatic N) is 2. The van der Waals surface area contributed by atoms with Crippen LogP contribution in [0.3, 0.4) is 0 Å². The molecule has 2 nitrogen and oxygen atoms in total. The van der Waals surface area contributed by atoms with Crippen LogP contribution in [0.25, 0.3) is 0 Å². The largest absolute Gasteiger partial charge is 0.267 e. The number of aromatic nitrogens is 2. The summed E-state index contributed by atoms with van der Waals surface area (Å²) in [6.45, 7) is 8.95. The lowest BCUT2D eigenvalue weighted by Gasteiger charge is -2.33. The van der Waals surface area contributed by atoms with Crippen LogP contribution in [-0.4, -0.2) is 9.78 Å². The van der Waals surface area contributed by atoms with Crippen LogP contribution in [-0.2, 0) is 5.54 Å². The molecule has 0 bridgehead atoms. The van der Waals surface area contributed by atoms with E-state index >= 15 is 0 Å². The van der Waals surface area contributed by atoms with E-state index in [2.05, 4.69) is 37.5 Å². The fraction of sp³-hybridized carbons (Fsp3) is 0.700. The van der Waals surface area contributed by atoms with Crippen LogP contribution in [0.5, 0.6) is 0 Å². The van der Waals surface area contributed by atoms with Crippen molar-refractivity contribution in [2.45, 2.75) is 39.7 Å². The predicted octanol–water partition coefficient (Wildman–Crippen LogP) is 2.66. The highest BCUT2D eigenvalue weighted by atomic mass is 15.3. The van der Waals surface area contributed by atoms with Crippen molar-refractivity contribution in [1.82, 2.24) is 9.78 Å². The lowest BCUT2D eigenvalue weighted by atomic mass is 9.86. The molecule has 0 saturated heterocycles. The Morgan fingerprint density at radius 3 is 2.50 bits per heavy atom. The van der Waals surface area contributed by atoms with Gasteiger partial charge in [0.05, 0.1) is 5.54 Å². The quantitative estimate of drug-likeness (QED) is 0.675. The van der Waals surface area contributed by atoms with Gasteiger partial charge in [-0.15, -0.1) is 0 Å². The van der Waals surface area contributed by atoms with E-state index in [1.165, 1.54) is 0 Å². The highest BCUT2D eigenvalue weighted by Gasteiger charge is 2.28. The fourth-order valence-corrected chi connectivity index (χ4v) is 1.41. The number of hydrogen-bond acceptors (Lipinski definition) is 1. The fourth-order valence-electron chi connectivity index (χ4n) is 1.41. The SMILES string of the molecule is CCC(C)(C(C)C)n1cccn1. The molecule has 0 spiro atoms. The number of hydrogen-bond donors (Lipinski definition) is 0. The Morgan fingerprint density at radius 1 is 1.50 bits per heavy atom. The second-order valence-corrected chi connectivity index (χ2v) is 3.82. The lowest BCUT2D eigenvalue weighted by Crippen LogP contribution is -2.35. The molecule has 68 valence electrons.